The molecule has 6 nitrogen and oxygen atoms in total. The van der Waals surface area contributed by atoms with Crippen molar-refractivity contribution in [3.63, 3.8) is 0 Å². The Morgan fingerprint density at radius 1 is 1.20 bits per heavy atom. The van der Waals surface area contributed by atoms with Gasteiger partial charge in [0.2, 0.25) is 12.4 Å². The van der Waals surface area contributed by atoms with E-state index in [-0.39, 0.29) is 0 Å². The maximum atomic E-state index is 8.49. The van der Waals surface area contributed by atoms with E-state index in [0.29, 0.717) is 0 Å². The van der Waals surface area contributed by atoms with Gasteiger partial charge in [-0.05, 0) is 6.07 Å². The van der Waals surface area contributed by atoms with Crippen molar-refractivity contribution < 1.29 is 33.4 Å². The van der Waals surface area contributed by atoms with Crippen molar-refractivity contribution in [2.45, 2.75) is 6.67 Å². The molecule has 1 aromatic rings. The molecule has 1 N–H and O–H groups in total. The Morgan fingerprint density at radius 3 is 2.47 bits per heavy atom. The van der Waals surface area contributed by atoms with Crippen molar-refractivity contribution in [2.24, 2.45) is 0 Å². The molecule has 2 rings (SSSR count). The molecule has 2 heterocycles. The Kier molecular flexibility index (Phi) is 4.01. The van der Waals surface area contributed by atoms with Gasteiger partial charge in [-0.1, -0.05) is 0 Å². The van der Waals surface area contributed by atoms with Crippen molar-refractivity contribution in [1.29, 1.82) is 0 Å². The summed E-state index contributed by atoms with van der Waals surface area (Å²) in [7, 11) is -4.94. The summed E-state index contributed by atoms with van der Waals surface area (Å²) in [6.07, 6.45) is 6.09. The number of pyridine rings is 1. The van der Waals surface area contributed by atoms with Gasteiger partial charge in [-0.15, -0.1) is 10.2 Å². The molecule has 0 unspecified atom stereocenters. The molecule has 0 saturated carbocycles. The number of fused-ring (bicyclic) bond motifs is 1. The van der Waals surface area contributed by atoms with E-state index in [1.54, 1.807) is 0 Å². The molecular formula is C8H9ClN2O4. The van der Waals surface area contributed by atoms with Crippen molar-refractivity contribution in [3.8, 4) is 0 Å². The van der Waals surface area contributed by atoms with Gasteiger partial charge >= 0.3 is 0 Å². The van der Waals surface area contributed by atoms with Gasteiger partial charge in [-0.3, -0.25) is 0 Å². The topological polar surface area (TPSA) is 108 Å². The largest absolute Gasteiger partial charge is 0.337 e. The van der Waals surface area contributed by atoms with Crippen molar-refractivity contribution in [1.82, 2.24) is 5.32 Å². The first-order chi connectivity index (χ1) is 6.97. The van der Waals surface area contributed by atoms with Crippen LogP contribution < -0.4 is 28.5 Å². The van der Waals surface area contributed by atoms with E-state index in [1.165, 1.54) is 5.69 Å². The smallest absolute Gasteiger partial charge is 0.221 e. The van der Waals surface area contributed by atoms with Crippen LogP contribution in [-0.4, -0.2) is 0 Å². The van der Waals surface area contributed by atoms with Gasteiger partial charge in [0.25, 0.3) is 0 Å². The first-order valence-electron chi connectivity index (χ1n) is 3.97. The highest BCUT2D eigenvalue weighted by atomic mass is 35.7. The first kappa shape index (κ1) is 11.9. The second-order valence-corrected chi connectivity index (χ2v) is 3.42. The predicted molar refractivity (Wildman–Crippen MR) is 38.8 cm³/mol. The van der Waals surface area contributed by atoms with Crippen LogP contribution in [0.2, 0.25) is 0 Å². The molecule has 0 saturated heterocycles. The SMILES string of the molecule is C1=Cc2cccc[n+]2CN1.[O-][Cl+3]([O-])([O-])[O-]. The number of aromatic nitrogens is 1. The van der Waals surface area contributed by atoms with Gasteiger partial charge in [-0.25, -0.2) is 18.6 Å². The van der Waals surface area contributed by atoms with Gasteiger partial charge in [0, 0.05) is 24.4 Å². The van der Waals surface area contributed by atoms with E-state index >= 15 is 0 Å². The minimum absolute atomic E-state index is 0.882. The predicted octanol–water partition coefficient (Wildman–Crippen LogP) is -4.25. The van der Waals surface area contributed by atoms with E-state index in [1.807, 2.05) is 18.3 Å². The van der Waals surface area contributed by atoms with Crippen LogP contribution in [0.4, 0.5) is 0 Å². The van der Waals surface area contributed by atoms with Gasteiger partial charge < -0.3 is 5.32 Å². The van der Waals surface area contributed by atoms with Crippen LogP contribution in [0.1, 0.15) is 5.69 Å². The van der Waals surface area contributed by atoms with Gasteiger partial charge in [-0.2, -0.15) is 4.57 Å². The Morgan fingerprint density at radius 2 is 1.87 bits per heavy atom. The minimum Gasteiger partial charge on any atom is -0.337 e. The monoisotopic (exact) mass is 232 g/mol. The standard InChI is InChI=1S/C8H8N2.ClHO4/c1-2-6-10-7-9-5-4-8(10)3-1;2-1(3,4)5/h1-6H,7H2;(H,2,3,4,5). The molecule has 0 atom stereocenters. The molecule has 0 aromatic carbocycles. The number of halogens is 1. The van der Waals surface area contributed by atoms with Crippen molar-refractivity contribution >= 4 is 6.08 Å². The zero-order chi connectivity index (χ0) is 11.3. The summed E-state index contributed by atoms with van der Waals surface area (Å²) in [5.74, 6) is 0. The highest BCUT2D eigenvalue weighted by molar-refractivity contribution is 5.40. The van der Waals surface area contributed by atoms with Crippen LogP contribution >= 0.6 is 0 Å². The minimum atomic E-state index is -4.94. The lowest BCUT2D eigenvalue weighted by molar-refractivity contribution is -2.00. The summed E-state index contributed by atoms with van der Waals surface area (Å²) < 4.78 is 36.1. The summed E-state index contributed by atoms with van der Waals surface area (Å²) in [5, 5.41) is 3.12. The molecule has 15 heavy (non-hydrogen) atoms. The number of rotatable bonds is 0. The van der Waals surface area contributed by atoms with Crippen LogP contribution in [0.15, 0.2) is 30.6 Å². The number of hydrogen-bond donors (Lipinski definition) is 1. The summed E-state index contributed by atoms with van der Waals surface area (Å²) in [5.41, 5.74) is 1.25. The van der Waals surface area contributed by atoms with Crippen molar-refractivity contribution in [3.05, 3.63) is 36.3 Å². The number of nitrogens with one attached hydrogen (secondary N) is 1. The fraction of sp³-hybridized carbons (Fsp3) is 0.125. The normalized spacial score (nSPS) is 13.3. The van der Waals surface area contributed by atoms with E-state index < -0.39 is 10.2 Å². The summed E-state index contributed by atoms with van der Waals surface area (Å²) >= 11 is 0. The molecule has 1 aliphatic rings. The molecule has 0 spiro atoms. The van der Waals surface area contributed by atoms with E-state index in [4.69, 9.17) is 18.6 Å². The molecule has 1 aromatic heterocycles. The Labute approximate surface area is 88.5 Å². The summed E-state index contributed by atoms with van der Waals surface area (Å²) in [6.45, 7) is 0.882. The molecule has 0 aliphatic carbocycles. The molecular weight excluding hydrogens is 224 g/mol. The Bertz CT molecular complexity index is 345. The van der Waals surface area contributed by atoms with Crippen LogP contribution in [0.5, 0.6) is 0 Å². The lowest BCUT2D eigenvalue weighted by atomic mass is 10.3. The average molecular weight is 233 g/mol. The average Bonchev–Trinajstić information content (AvgIpc) is 2.16. The quantitative estimate of drug-likeness (QED) is 0.456. The van der Waals surface area contributed by atoms with Gasteiger partial charge in [0.15, 0.2) is 6.20 Å². The molecule has 1 aliphatic heterocycles. The fourth-order valence-corrected chi connectivity index (χ4v) is 1.08. The molecule has 0 bridgehead atoms. The lowest BCUT2D eigenvalue weighted by Gasteiger charge is -2.17. The van der Waals surface area contributed by atoms with Crippen LogP contribution in [0.25, 0.3) is 6.08 Å². The van der Waals surface area contributed by atoms with E-state index in [2.05, 4.69) is 28.2 Å². The maximum Gasteiger partial charge on any atom is 0.221 e. The van der Waals surface area contributed by atoms with Crippen LogP contribution in [0.3, 0.4) is 0 Å². The Hall–Kier alpha value is -1.18. The number of hydrogen-bond acceptors (Lipinski definition) is 5. The maximum absolute atomic E-state index is 8.49. The fourth-order valence-electron chi connectivity index (χ4n) is 1.08. The molecule has 0 amide bonds. The molecule has 82 valence electrons. The molecule has 0 radical (unpaired) electrons. The van der Waals surface area contributed by atoms with E-state index in [0.717, 1.165) is 6.67 Å². The third-order valence-corrected chi connectivity index (χ3v) is 1.61. The zero-order valence-electron chi connectivity index (χ0n) is 7.63. The third kappa shape index (κ3) is 5.31. The number of nitrogens with zero attached hydrogens (tertiary/aromatic N) is 1. The summed E-state index contributed by atoms with van der Waals surface area (Å²) in [4.78, 5) is 0. The van der Waals surface area contributed by atoms with E-state index in [9.17, 15) is 0 Å². The first-order valence-corrected chi connectivity index (χ1v) is 5.20. The highest BCUT2D eigenvalue weighted by Gasteiger charge is 2.06. The van der Waals surface area contributed by atoms with Crippen LogP contribution in [-0.2, 0) is 6.67 Å². The Balaban J connectivity index is 0.000000195. The third-order valence-electron chi connectivity index (χ3n) is 1.61. The van der Waals surface area contributed by atoms with Gasteiger partial charge in [0.1, 0.15) is 0 Å². The zero-order valence-corrected chi connectivity index (χ0v) is 8.39. The second kappa shape index (κ2) is 5.06. The van der Waals surface area contributed by atoms with Crippen LogP contribution in [0, 0.1) is 10.2 Å². The van der Waals surface area contributed by atoms with Crippen molar-refractivity contribution in [2.75, 3.05) is 0 Å². The lowest BCUT2D eigenvalue weighted by Crippen LogP contribution is -2.68. The van der Waals surface area contributed by atoms with Gasteiger partial charge in [0.05, 0.1) is 0 Å². The summed E-state index contributed by atoms with van der Waals surface area (Å²) in [6, 6.07) is 6.17. The second-order valence-electron chi connectivity index (χ2n) is 2.67. The highest BCUT2D eigenvalue weighted by Crippen LogP contribution is 1.95. The molecule has 0 fully saturated rings. The molecule has 7 heteroatoms.